The molecule has 0 spiro atoms. The Labute approximate surface area is 127 Å². The average Bonchev–Trinajstić information content (AvgIpc) is 3.13. The molecule has 1 aliphatic carbocycles. The van der Waals surface area contributed by atoms with E-state index in [0.717, 1.165) is 19.4 Å². The van der Waals surface area contributed by atoms with Crippen LogP contribution in [-0.2, 0) is 11.3 Å². The van der Waals surface area contributed by atoms with Gasteiger partial charge in [0, 0.05) is 25.0 Å². The monoisotopic (exact) mass is 296 g/mol. The van der Waals surface area contributed by atoms with Crippen molar-refractivity contribution in [1.82, 2.24) is 4.90 Å². The van der Waals surface area contributed by atoms with Crippen LogP contribution in [0.5, 0.6) is 0 Å². The first kappa shape index (κ1) is 17.0. The summed E-state index contributed by atoms with van der Waals surface area (Å²) in [5.74, 6) is 0.190. The topological polar surface area (TPSA) is 46.3 Å². The third-order valence-electron chi connectivity index (χ3n) is 3.73. The van der Waals surface area contributed by atoms with Crippen LogP contribution in [0, 0.1) is 13.8 Å². The first-order chi connectivity index (χ1) is 8.97. The normalized spacial score (nSPS) is 15.4. The molecule has 2 rings (SSSR count). The van der Waals surface area contributed by atoms with E-state index in [4.69, 9.17) is 5.73 Å². The number of benzene rings is 1. The zero-order valence-corrected chi connectivity index (χ0v) is 13.4. The minimum Gasteiger partial charge on any atom is -0.335 e. The maximum Gasteiger partial charge on any atom is 0.224 e. The SMILES string of the molecule is Cc1ccc(CN(C(=O)CC(C)N)C2CC2)cc1C.Cl. The van der Waals surface area contributed by atoms with E-state index in [9.17, 15) is 4.79 Å². The zero-order valence-electron chi connectivity index (χ0n) is 12.6. The van der Waals surface area contributed by atoms with Crippen LogP contribution in [0.3, 0.4) is 0 Å². The van der Waals surface area contributed by atoms with E-state index in [1.165, 1.54) is 16.7 Å². The Morgan fingerprint density at radius 2 is 2.00 bits per heavy atom. The molecule has 2 N–H and O–H groups in total. The fourth-order valence-corrected chi connectivity index (χ4v) is 2.30. The third kappa shape index (κ3) is 4.50. The van der Waals surface area contributed by atoms with Crippen LogP contribution in [0.2, 0.25) is 0 Å². The molecule has 1 saturated carbocycles. The summed E-state index contributed by atoms with van der Waals surface area (Å²) < 4.78 is 0. The van der Waals surface area contributed by atoms with Gasteiger partial charge in [-0.25, -0.2) is 0 Å². The van der Waals surface area contributed by atoms with Crippen molar-refractivity contribution < 1.29 is 4.79 Å². The number of amides is 1. The molecule has 112 valence electrons. The lowest BCUT2D eigenvalue weighted by Crippen LogP contribution is -2.36. The highest BCUT2D eigenvalue weighted by atomic mass is 35.5. The van der Waals surface area contributed by atoms with Crippen molar-refractivity contribution in [2.75, 3.05) is 0 Å². The van der Waals surface area contributed by atoms with Gasteiger partial charge >= 0.3 is 0 Å². The van der Waals surface area contributed by atoms with Gasteiger partial charge in [-0.15, -0.1) is 12.4 Å². The Morgan fingerprint density at radius 1 is 1.35 bits per heavy atom. The molecule has 1 unspecified atom stereocenters. The molecule has 1 amide bonds. The van der Waals surface area contributed by atoms with Crippen molar-refractivity contribution in [3.05, 3.63) is 34.9 Å². The molecular formula is C16H25ClN2O. The van der Waals surface area contributed by atoms with Gasteiger partial charge in [0.2, 0.25) is 5.91 Å². The summed E-state index contributed by atoms with van der Waals surface area (Å²) in [6, 6.07) is 6.81. The van der Waals surface area contributed by atoms with Crippen molar-refractivity contribution in [2.45, 2.75) is 58.7 Å². The molecule has 0 bridgehead atoms. The molecule has 1 fully saturated rings. The smallest absolute Gasteiger partial charge is 0.224 e. The fourth-order valence-electron chi connectivity index (χ4n) is 2.30. The number of nitrogens with zero attached hydrogens (tertiary/aromatic N) is 1. The van der Waals surface area contributed by atoms with Gasteiger partial charge < -0.3 is 10.6 Å². The zero-order chi connectivity index (χ0) is 14.0. The van der Waals surface area contributed by atoms with Gasteiger partial charge in [0.05, 0.1) is 0 Å². The van der Waals surface area contributed by atoms with Gasteiger partial charge in [-0.1, -0.05) is 18.2 Å². The summed E-state index contributed by atoms with van der Waals surface area (Å²) in [6.07, 6.45) is 2.71. The van der Waals surface area contributed by atoms with Gasteiger partial charge in [0.25, 0.3) is 0 Å². The fraction of sp³-hybridized carbons (Fsp3) is 0.562. The van der Waals surface area contributed by atoms with E-state index in [0.29, 0.717) is 12.5 Å². The van der Waals surface area contributed by atoms with Crippen molar-refractivity contribution in [3.8, 4) is 0 Å². The average molecular weight is 297 g/mol. The van der Waals surface area contributed by atoms with E-state index in [1.807, 2.05) is 11.8 Å². The van der Waals surface area contributed by atoms with Gasteiger partial charge in [0.15, 0.2) is 0 Å². The van der Waals surface area contributed by atoms with Crippen LogP contribution in [0.1, 0.15) is 42.9 Å². The minimum absolute atomic E-state index is 0. The highest BCUT2D eigenvalue weighted by Gasteiger charge is 2.32. The van der Waals surface area contributed by atoms with Gasteiger partial charge in [-0.3, -0.25) is 4.79 Å². The first-order valence-corrected chi connectivity index (χ1v) is 7.08. The van der Waals surface area contributed by atoms with Crippen molar-refractivity contribution in [3.63, 3.8) is 0 Å². The summed E-state index contributed by atoms with van der Waals surface area (Å²) in [4.78, 5) is 14.2. The predicted octanol–water partition coefficient (Wildman–Crippen LogP) is 2.95. The molecule has 4 heteroatoms. The molecule has 1 aromatic rings. The van der Waals surface area contributed by atoms with E-state index >= 15 is 0 Å². The molecule has 0 aliphatic heterocycles. The lowest BCUT2D eigenvalue weighted by molar-refractivity contribution is -0.132. The summed E-state index contributed by atoms with van der Waals surface area (Å²) in [7, 11) is 0. The van der Waals surface area contributed by atoms with Crippen LogP contribution < -0.4 is 5.73 Å². The van der Waals surface area contributed by atoms with E-state index in [-0.39, 0.29) is 24.4 Å². The number of hydrogen-bond acceptors (Lipinski definition) is 2. The molecule has 0 aromatic heterocycles. The number of carbonyl (C=O) groups excluding carboxylic acids is 1. The van der Waals surface area contributed by atoms with Crippen molar-refractivity contribution in [2.24, 2.45) is 5.73 Å². The number of hydrogen-bond donors (Lipinski definition) is 1. The van der Waals surface area contributed by atoms with Crippen LogP contribution in [-0.4, -0.2) is 22.9 Å². The molecule has 0 radical (unpaired) electrons. The summed E-state index contributed by atoms with van der Waals surface area (Å²) >= 11 is 0. The predicted molar refractivity (Wildman–Crippen MR) is 85.0 cm³/mol. The quantitative estimate of drug-likeness (QED) is 0.908. The number of nitrogens with two attached hydrogens (primary N) is 1. The molecule has 20 heavy (non-hydrogen) atoms. The third-order valence-corrected chi connectivity index (χ3v) is 3.73. The van der Waals surface area contributed by atoms with Crippen LogP contribution in [0.4, 0.5) is 0 Å². The van der Waals surface area contributed by atoms with Crippen LogP contribution in [0.15, 0.2) is 18.2 Å². The lowest BCUT2D eigenvalue weighted by atomic mass is 10.1. The molecule has 1 atom stereocenters. The Balaban J connectivity index is 0.00000200. The second kappa shape index (κ2) is 7.09. The Kier molecular flexibility index (Phi) is 6.03. The van der Waals surface area contributed by atoms with Gasteiger partial charge in [-0.05, 0) is 50.3 Å². The van der Waals surface area contributed by atoms with Gasteiger partial charge in [0.1, 0.15) is 0 Å². The summed E-state index contributed by atoms with van der Waals surface area (Å²) in [5, 5.41) is 0. The summed E-state index contributed by atoms with van der Waals surface area (Å²) in [5.41, 5.74) is 9.54. The largest absolute Gasteiger partial charge is 0.335 e. The number of aryl methyl sites for hydroxylation is 2. The lowest BCUT2D eigenvalue weighted by Gasteiger charge is -2.24. The Morgan fingerprint density at radius 3 is 2.50 bits per heavy atom. The number of halogens is 1. The minimum atomic E-state index is -0.0616. The number of carbonyl (C=O) groups is 1. The van der Waals surface area contributed by atoms with E-state index < -0.39 is 0 Å². The molecule has 0 saturated heterocycles. The van der Waals surface area contributed by atoms with Gasteiger partial charge in [-0.2, -0.15) is 0 Å². The molecule has 1 aliphatic rings. The Bertz CT molecular complexity index is 470. The molecular weight excluding hydrogens is 272 g/mol. The van der Waals surface area contributed by atoms with Crippen LogP contribution >= 0.6 is 12.4 Å². The molecule has 1 aromatic carbocycles. The van der Waals surface area contributed by atoms with E-state index in [2.05, 4.69) is 32.0 Å². The molecule has 3 nitrogen and oxygen atoms in total. The number of rotatable bonds is 5. The van der Waals surface area contributed by atoms with Crippen LogP contribution in [0.25, 0.3) is 0 Å². The Hall–Kier alpha value is -1.06. The van der Waals surface area contributed by atoms with E-state index in [1.54, 1.807) is 0 Å². The second-order valence-electron chi connectivity index (χ2n) is 5.85. The highest BCUT2D eigenvalue weighted by Crippen LogP contribution is 2.29. The summed E-state index contributed by atoms with van der Waals surface area (Å²) in [6.45, 7) is 6.83. The standard InChI is InChI=1S/C16H24N2O.ClH/c1-11-4-5-14(8-12(11)2)10-18(15-6-7-15)16(19)9-13(3)17;/h4-5,8,13,15H,6-7,9-10,17H2,1-3H3;1H. The van der Waals surface area contributed by atoms with Crippen molar-refractivity contribution in [1.29, 1.82) is 0 Å². The first-order valence-electron chi connectivity index (χ1n) is 7.08. The highest BCUT2D eigenvalue weighted by molar-refractivity contribution is 5.85. The maximum atomic E-state index is 12.2. The maximum absolute atomic E-state index is 12.2. The molecule has 0 heterocycles. The second-order valence-corrected chi connectivity index (χ2v) is 5.85. The van der Waals surface area contributed by atoms with Crippen molar-refractivity contribution >= 4 is 18.3 Å².